The summed E-state index contributed by atoms with van der Waals surface area (Å²) in [5.74, 6) is 0.630. The predicted octanol–water partition coefficient (Wildman–Crippen LogP) is 2.57. The van der Waals surface area contributed by atoms with Gasteiger partial charge < -0.3 is 24.0 Å². The van der Waals surface area contributed by atoms with Gasteiger partial charge in [-0.3, -0.25) is 9.59 Å². The molecule has 2 aromatic rings. The lowest BCUT2D eigenvalue weighted by atomic mass is 10.1. The lowest BCUT2D eigenvalue weighted by Crippen LogP contribution is -2.51. The fourth-order valence-corrected chi connectivity index (χ4v) is 3.34. The first-order valence-corrected chi connectivity index (χ1v) is 9.43. The van der Waals surface area contributed by atoms with Crippen LogP contribution in [0, 0.1) is 5.82 Å². The molecule has 29 heavy (non-hydrogen) atoms. The molecule has 0 radical (unpaired) electrons. The molecule has 0 atom stereocenters. The maximum absolute atomic E-state index is 13.2. The van der Waals surface area contributed by atoms with E-state index in [1.807, 2.05) is 0 Å². The third-order valence-electron chi connectivity index (χ3n) is 4.79. The van der Waals surface area contributed by atoms with Gasteiger partial charge in [-0.15, -0.1) is 0 Å². The molecule has 0 bridgehead atoms. The van der Waals surface area contributed by atoms with Crippen LogP contribution in [0.5, 0.6) is 17.2 Å². The van der Waals surface area contributed by atoms with Gasteiger partial charge in [-0.05, 0) is 30.3 Å². The van der Waals surface area contributed by atoms with E-state index in [2.05, 4.69) is 0 Å². The number of hydrogen-bond donors (Lipinski definition) is 0. The number of piperazine rings is 1. The second-order valence-electron chi connectivity index (χ2n) is 6.61. The lowest BCUT2D eigenvalue weighted by Gasteiger charge is -2.34. The number of carbonyl (C=O) groups is 2. The Morgan fingerprint density at radius 3 is 2.48 bits per heavy atom. The zero-order valence-corrected chi connectivity index (χ0v) is 16.2. The van der Waals surface area contributed by atoms with Crippen molar-refractivity contribution in [2.75, 3.05) is 39.6 Å². The Kier molecular flexibility index (Phi) is 5.44. The molecule has 2 amide bonds. The van der Waals surface area contributed by atoms with E-state index in [1.165, 1.54) is 18.2 Å². The van der Waals surface area contributed by atoms with Gasteiger partial charge in [0.05, 0.1) is 5.02 Å². The van der Waals surface area contributed by atoms with E-state index in [1.54, 1.807) is 28.0 Å². The van der Waals surface area contributed by atoms with Crippen molar-refractivity contribution in [3.8, 4) is 17.2 Å². The first-order chi connectivity index (χ1) is 14.0. The van der Waals surface area contributed by atoms with Crippen molar-refractivity contribution in [1.82, 2.24) is 9.80 Å². The van der Waals surface area contributed by atoms with Gasteiger partial charge in [-0.1, -0.05) is 11.6 Å². The van der Waals surface area contributed by atoms with Crippen LogP contribution >= 0.6 is 11.6 Å². The van der Waals surface area contributed by atoms with Crippen molar-refractivity contribution in [3.63, 3.8) is 0 Å². The quantitative estimate of drug-likeness (QED) is 0.760. The number of rotatable bonds is 4. The molecular weight excluding hydrogens is 403 g/mol. The minimum Gasteiger partial charge on any atom is -0.484 e. The van der Waals surface area contributed by atoms with Crippen molar-refractivity contribution in [2.24, 2.45) is 0 Å². The summed E-state index contributed by atoms with van der Waals surface area (Å²) in [5.41, 5.74) is 0.519. The van der Waals surface area contributed by atoms with Gasteiger partial charge in [0.15, 0.2) is 18.1 Å². The minimum atomic E-state index is -0.548. The highest BCUT2D eigenvalue weighted by molar-refractivity contribution is 6.30. The van der Waals surface area contributed by atoms with E-state index in [0.717, 1.165) is 0 Å². The van der Waals surface area contributed by atoms with Crippen molar-refractivity contribution >= 4 is 23.4 Å². The van der Waals surface area contributed by atoms with Crippen LogP contribution in [0.1, 0.15) is 10.4 Å². The Labute approximate surface area is 171 Å². The fourth-order valence-electron chi connectivity index (χ4n) is 3.17. The number of halogens is 2. The van der Waals surface area contributed by atoms with Crippen LogP contribution in [-0.2, 0) is 4.79 Å². The molecule has 0 aromatic heterocycles. The second kappa shape index (κ2) is 8.16. The molecule has 7 nitrogen and oxygen atoms in total. The zero-order valence-electron chi connectivity index (χ0n) is 15.4. The van der Waals surface area contributed by atoms with Crippen LogP contribution < -0.4 is 14.2 Å². The van der Waals surface area contributed by atoms with Crippen LogP contribution in [-0.4, -0.2) is 61.2 Å². The number of hydrogen-bond acceptors (Lipinski definition) is 5. The first-order valence-electron chi connectivity index (χ1n) is 9.06. The van der Waals surface area contributed by atoms with Gasteiger partial charge in [0.2, 0.25) is 6.79 Å². The molecule has 0 aliphatic carbocycles. The summed E-state index contributed by atoms with van der Waals surface area (Å²) >= 11 is 5.70. The van der Waals surface area contributed by atoms with Gasteiger partial charge in [-0.25, -0.2) is 4.39 Å². The highest BCUT2D eigenvalue weighted by Gasteiger charge is 2.26. The zero-order chi connectivity index (χ0) is 20.4. The van der Waals surface area contributed by atoms with Gasteiger partial charge in [0.25, 0.3) is 11.8 Å². The molecular formula is C20H18ClFN2O5. The molecule has 2 aliphatic rings. The molecule has 0 unspecified atom stereocenters. The summed E-state index contributed by atoms with van der Waals surface area (Å²) in [6, 6.07) is 9.01. The van der Waals surface area contributed by atoms with E-state index in [4.69, 9.17) is 25.8 Å². The fraction of sp³-hybridized carbons (Fsp3) is 0.300. The second-order valence-corrected chi connectivity index (χ2v) is 7.01. The number of amides is 2. The lowest BCUT2D eigenvalue weighted by molar-refractivity contribution is -0.134. The molecule has 0 N–H and O–H groups in total. The normalized spacial score (nSPS) is 15.4. The van der Waals surface area contributed by atoms with E-state index in [-0.39, 0.29) is 30.2 Å². The summed E-state index contributed by atoms with van der Waals surface area (Å²) in [7, 11) is 0. The molecule has 1 fully saturated rings. The van der Waals surface area contributed by atoms with Gasteiger partial charge in [-0.2, -0.15) is 0 Å². The smallest absolute Gasteiger partial charge is 0.260 e. The van der Waals surface area contributed by atoms with E-state index < -0.39 is 5.82 Å². The summed E-state index contributed by atoms with van der Waals surface area (Å²) in [6.07, 6.45) is 0. The molecule has 0 saturated carbocycles. The third-order valence-corrected chi connectivity index (χ3v) is 5.08. The topological polar surface area (TPSA) is 68.3 Å². The molecule has 2 aliphatic heterocycles. The highest BCUT2D eigenvalue weighted by atomic mass is 35.5. The van der Waals surface area contributed by atoms with Crippen molar-refractivity contribution in [1.29, 1.82) is 0 Å². The average molecular weight is 421 g/mol. The van der Waals surface area contributed by atoms with Crippen LogP contribution in [0.4, 0.5) is 4.39 Å². The summed E-state index contributed by atoms with van der Waals surface area (Å²) in [5, 5.41) is -0.0643. The van der Waals surface area contributed by atoms with Crippen LogP contribution in [0.15, 0.2) is 36.4 Å². The number of ether oxygens (including phenoxy) is 3. The Balaban J connectivity index is 1.29. The molecule has 152 valence electrons. The third kappa shape index (κ3) is 4.22. The maximum atomic E-state index is 13.2. The van der Waals surface area contributed by atoms with Crippen molar-refractivity contribution in [2.45, 2.75) is 0 Å². The van der Waals surface area contributed by atoms with Gasteiger partial charge >= 0.3 is 0 Å². The molecule has 0 spiro atoms. The molecule has 2 aromatic carbocycles. The highest BCUT2D eigenvalue weighted by Crippen LogP contribution is 2.32. The number of benzene rings is 2. The van der Waals surface area contributed by atoms with Crippen LogP contribution in [0.25, 0.3) is 0 Å². The van der Waals surface area contributed by atoms with Crippen molar-refractivity contribution in [3.05, 3.63) is 52.8 Å². The molecule has 1 saturated heterocycles. The number of nitrogens with zero attached hydrogens (tertiary/aromatic N) is 2. The van der Waals surface area contributed by atoms with E-state index in [0.29, 0.717) is 49.0 Å². The number of carbonyl (C=O) groups excluding carboxylic acids is 2. The summed E-state index contributed by atoms with van der Waals surface area (Å²) < 4.78 is 29.1. The number of fused-ring (bicyclic) bond motifs is 1. The van der Waals surface area contributed by atoms with Crippen LogP contribution in [0.2, 0.25) is 5.02 Å². The Bertz CT molecular complexity index is 946. The standard InChI is InChI=1S/C20H18ClFN2O5/c21-15-10-14(2-3-16(15)22)27-11-19(25)23-5-7-24(8-6-23)20(26)13-1-4-17-18(9-13)29-12-28-17/h1-4,9-10H,5-8,11-12H2. The van der Waals surface area contributed by atoms with Gasteiger partial charge in [0.1, 0.15) is 11.6 Å². The Morgan fingerprint density at radius 2 is 1.72 bits per heavy atom. The molecule has 2 heterocycles. The van der Waals surface area contributed by atoms with Crippen molar-refractivity contribution < 1.29 is 28.2 Å². The summed E-state index contributed by atoms with van der Waals surface area (Å²) in [4.78, 5) is 28.4. The Morgan fingerprint density at radius 1 is 1.00 bits per heavy atom. The monoisotopic (exact) mass is 420 g/mol. The largest absolute Gasteiger partial charge is 0.484 e. The Hall–Kier alpha value is -3.00. The van der Waals surface area contributed by atoms with E-state index in [9.17, 15) is 14.0 Å². The summed E-state index contributed by atoms with van der Waals surface area (Å²) in [6.45, 7) is 1.62. The maximum Gasteiger partial charge on any atom is 0.260 e. The molecule has 4 rings (SSSR count). The first kappa shape index (κ1) is 19.3. The predicted molar refractivity (Wildman–Crippen MR) is 102 cm³/mol. The minimum absolute atomic E-state index is 0.0643. The average Bonchev–Trinajstić information content (AvgIpc) is 3.22. The molecule has 9 heteroatoms. The van der Waals surface area contributed by atoms with Gasteiger partial charge in [0, 0.05) is 37.8 Å². The van der Waals surface area contributed by atoms with E-state index >= 15 is 0 Å². The van der Waals surface area contributed by atoms with Crippen LogP contribution in [0.3, 0.4) is 0 Å². The SMILES string of the molecule is O=C(COc1ccc(F)c(Cl)c1)N1CCN(C(=O)c2ccc3c(c2)OCO3)CC1.